The monoisotopic (exact) mass is 248 g/mol. The number of rotatable bonds is 5. The van der Waals surface area contributed by atoms with Gasteiger partial charge in [-0.1, -0.05) is 0 Å². The number of hydrazine groups is 1. The Morgan fingerprint density at radius 2 is 1.83 bits per heavy atom. The summed E-state index contributed by atoms with van der Waals surface area (Å²) in [6.07, 6.45) is 0. The summed E-state index contributed by atoms with van der Waals surface area (Å²) in [4.78, 5) is 22.1. The largest absolute Gasteiger partial charge is 0.362 e. The maximum absolute atomic E-state index is 11.4. The van der Waals surface area contributed by atoms with Crippen LogP contribution in [0.1, 0.15) is 5.56 Å². The molecule has 0 heterocycles. The van der Waals surface area contributed by atoms with E-state index in [0.29, 0.717) is 11.3 Å². The molecule has 4 N–H and O–H groups in total. The molecule has 94 valence electrons. The van der Waals surface area contributed by atoms with E-state index in [4.69, 9.17) is 15.8 Å². The van der Waals surface area contributed by atoms with Crippen LogP contribution < -0.4 is 16.6 Å². The third kappa shape index (κ3) is 4.61. The van der Waals surface area contributed by atoms with Gasteiger partial charge in [0.2, 0.25) is 5.91 Å². The zero-order chi connectivity index (χ0) is 13.4. The van der Waals surface area contributed by atoms with Gasteiger partial charge in [-0.2, -0.15) is 5.26 Å². The highest BCUT2D eigenvalue weighted by molar-refractivity contribution is 5.91. The molecule has 0 aliphatic heterocycles. The molecule has 0 fully saturated rings. The number of hydrogen-bond acceptors (Lipinski definition) is 5. The summed E-state index contributed by atoms with van der Waals surface area (Å²) in [6, 6.07) is 8.33. The van der Waals surface area contributed by atoms with Crippen LogP contribution in [0.5, 0.6) is 0 Å². The number of nitrogens with two attached hydrogens (primary N) is 1. The van der Waals surface area contributed by atoms with Gasteiger partial charge in [0, 0.05) is 5.69 Å². The highest BCUT2D eigenvalue weighted by Crippen LogP contribution is 2.08. The average molecular weight is 248 g/mol. The fourth-order valence-electron chi connectivity index (χ4n) is 1.10. The number of amides is 2. The SMILES string of the molecule is N#Cc1ccc(NC(=O)COCC(=O)NN)cc1. The van der Waals surface area contributed by atoms with Gasteiger partial charge >= 0.3 is 0 Å². The predicted octanol–water partition coefficient (Wildman–Crippen LogP) is -0.497. The van der Waals surface area contributed by atoms with E-state index in [1.165, 1.54) is 0 Å². The lowest BCUT2D eigenvalue weighted by Gasteiger charge is -2.05. The van der Waals surface area contributed by atoms with Crippen molar-refractivity contribution in [3.8, 4) is 6.07 Å². The third-order valence-corrected chi connectivity index (χ3v) is 1.93. The Kier molecular flexibility index (Phi) is 5.31. The summed E-state index contributed by atoms with van der Waals surface area (Å²) >= 11 is 0. The molecule has 0 atom stereocenters. The number of hydrogen-bond donors (Lipinski definition) is 3. The summed E-state index contributed by atoms with van der Waals surface area (Å²) < 4.78 is 4.81. The highest BCUT2D eigenvalue weighted by Gasteiger charge is 2.04. The Labute approximate surface area is 103 Å². The summed E-state index contributed by atoms with van der Waals surface area (Å²) in [5.41, 5.74) is 2.93. The molecule has 0 aliphatic rings. The number of nitrogens with zero attached hydrogens (tertiary/aromatic N) is 1. The highest BCUT2D eigenvalue weighted by atomic mass is 16.5. The van der Waals surface area contributed by atoms with Crippen LogP contribution in [0.15, 0.2) is 24.3 Å². The van der Waals surface area contributed by atoms with Crippen LogP contribution in [-0.2, 0) is 14.3 Å². The fraction of sp³-hybridized carbons (Fsp3) is 0.182. The molecule has 0 bridgehead atoms. The number of nitrogens with one attached hydrogen (secondary N) is 2. The van der Waals surface area contributed by atoms with E-state index in [-0.39, 0.29) is 13.2 Å². The molecule has 0 aromatic heterocycles. The maximum atomic E-state index is 11.4. The Morgan fingerprint density at radius 3 is 2.39 bits per heavy atom. The maximum Gasteiger partial charge on any atom is 0.259 e. The van der Waals surface area contributed by atoms with Crippen LogP contribution in [0.2, 0.25) is 0 Å². The van der Waals surface area contributed by atoms with E-state index >= 15 is 0 Å². The van der Waals surface area contributed by atoms with Gasteiger partial charge in [-0.25, -0.2) is 5.84 Å². The van der Waals surface area contributed by atoms with Gasteiger partial charge in [-0.15, -0.1) is 0 Å². The van der Waals surface area contributed by atoms with Gasteiger partial charge in [-0.3, -0.25) is 15.0 Å². The molecule has 18 heavy (non-hydrogen) atoms. The predicted molar refractivity (Wildman–Crippen MR) is 62.9 cm³/mol. The zero-order valence-corrected chi connectivity index (χ0v) is 9.47. The standard InChI is InChI=1S/C11H12N4O3/c12-5-8-1-3-9(4-2-8)14-10(16)6-18-7-11(17)15-13/h1-4H,6-7,13H2,(H,14,16)(H,15,17). The summed E-state index contributed by atoms with van der Waals surface area (Å²) in [7, 11) is 0. The first-order valence-electron chi connectivity index (χ1n) is 5.03. The molecule has 0 saturated carbocycles. The van der Waals surface area contributed by atoms with E-state index < -0.39 is 11.8 Å². The van der Waals surface area contributed by atoms with Gasteiger partial charge in [0.25, 0.3) is 5.91 Å². The Hall–Kier alpha value is -2.43. The van der Waals surface area contributed by atoms with Crippen molar-refractivity contribution in [2.45, 2.75) is 0 Å². The van der Waals surface area contributed by atoms with Crippen LogP contribution >= 0.6 is 0 Å². The Bertz CT molecular complexity index is 464. The van der Waals surface area contributed by atoms with Crippen molar-refractivity contribution in [3.05, 3.63) is 29.8 Å². The van der Waals surface area contributed by atoms with Crippen molar-refractivity contribution >= 4 is 17.5 Å². The van der Waals surface area contributed by atoms with Crippen molar-refractivity contribution in [2.24, 2.45) is 5.84 Å². The van der Waals surface area contributed by atoms with E-state index in [1.54, 1.807) is 24.3 Å². The van der Waals surface area contributed by atoms with Gasteiger partial charge in [0.15, 0.2) is 0 Å². The van der Waals surface area contributed by atoms with Crippen LogP contribution in [0, 0.1) is 11.3 Å². The number of carbonyl (C=O) groups is 2. The third-order valence-electron chi connectivity index (χ3n) is 1.93. The first-order chi connectivity index (χ1) is 8.65. The average Bonchev–Trinajstić information content (AvgIpc) is 2.39. The summed E-state index contributed by atoms with van der Waals surface area (Å²) in [5, 5.41) is 11.1. The fourth-order valence-corrected chi connectivity index (χ4v) is 1.10. The van der Waals surface area contributed by atoms with Crippen LogP contribution in [-0.4, -0.2) is 25.0 Å². The second kappa shape index (κ2) is 7.01. The van der Waals surface area contributed by atoms with Crippen molar-refractivity contribution in [1.29, 1.82) is 5.26 Å². The zero-order valence-electron chi connectivity index (χ0n) is 9.47. The molecule has 0 aliphatic carbocycles. The number of carbonyl (C=O) groups excluding carboxylic acids is 2. The molecule has 1 aromatic carbocycles. The minimum Gasteiger partial charge on any atom is -0.362 e. The lowest BCUT2D eigenvalue weighted by atomic mass is 10.2. The molecule has 0 saturated heterocycles. The molecule has 2 amide bonds. The first-order valence-corrected chi connectivity index (χ1v) is 5.03. The number of benzene rings is 1. The number of nitriles is 1. The van der Waals surface area contributed by atoms with Gasteiger partial charge in [-0.05, 0) is 24.3 Å². The first kappa shape index (κ1) is 13.6. The van der Waals surface area contributed by atoms with Crippen molar-refractivity contribution in [3.63, 3.8) is 0 Å². The van der Waals surface area contributed by atoms with Gasteiger partial charge in [0.1, 0.15) is 13.2 Å². The second-order valence-electron chi connectivity index (χ2n) is 3.30. The van der Waals surface area contributed by atoms with E-state index in [1.807, 2.05) is 11.5 Å². The van der Waals surface area contributed by atoms with Crippen LogP contribution in [0.3, 0.4) is 0 Å². The molecule has 0 unspecified atom stereocenters. The molecule has 1 aromatic rings. The number of anilines is 1. The molecule has 0 spiro atoms. The summed E-state index contributed by atoms with van der Waals surface area (Å²) in [6.45, 7) is -0.537. The van der Waals surface area contributed by atoms with Crippen LogP contribution in [0.4, 0.5) is 5.69 Å². The Balaban J connectivity index is 2.35. The Morgan fingerprint density at radius 1 is 1.22 bits per heavy atom. The van der Waals surface area contributed by atoms with E-state index in [0.717, 1.165) is 0 Å². The van der Waals surface area contributed by atoms with Crippen molar-refractivity contribution < 1.29 is 14.3 Å². The van der Waals surface area contributed by atoms with Crippen molar-refractivity contribution in [1.82, 2.24) is 5.43 Å². The van der Waals surface area contributed by atoms with E-state index in [2.05, 4.69) is 5.32 Å². The quantitative estimate of drug-likeness (QED) is 0.369. The second-order valence-corrected chi connectivity index (χ2v) is 3.30. The van der Waals surface area contributed by atoms with Gasteiger partial charge in [0.05, 0.1) is 11.6 Å². The lowest BCUT2D eigenvalue weighted by Crippen LogP contribution is -2.34. The molecular weight excluding hydrogens is 236 g/mol. The minimum absolute atomic E-state index is 0.257. The minimum atomic E-state index is -0.513. The number of ether oxygens (including phenoxy) is 1. The van der Waals surface area contributed by atoms with Crippen LogP contribution in [0.25, 0.3) is 0 Å². The molecule has 7 heteroatoms. The molecule has 0 radical (unpaired) electrons. The van der Waals surface area contributed by atoms with Crippen molar-refractivity contribution in [2.75, 3.05) is 18.5 Å². The molecule has 1 rings (SSSR count). The topological polar surface area (TPSA) is 117 Å². The normalized spacial score (nSPS) is 9.33. The van der Waals surface area contributed by atoms with Gasteiger partial charge < -0.3 is 10.1 Å². The molecule has 7 nitrogen and oxygen atoms in total. The smallest absolute Gasteiger partial charge is 0.259 e. The lowest BCUT2D eigenvalue weighted by molar-refractivity contribution is -0.128. The molecular formula is C11H12N4O3. The summed E-state index contributed by atoms with van der Waals surface area (Å²) in [5.74, 6) is 3.92. The van der Waals surface area contributed by atoms with E-state index in [9.17, 15) is 9.59 Å².